The van der Waals surface area contributed by atoms with Gasteiger partial charge in [-0.3, -0.25) is 9.69 Å². The summed E-state index contributed by atoms with van der Waals surface area (Å²) >= 11 is 7.82. The molecule has 6 heteroatoms. The monoisotopic (exact) mass is 359 g/mol. The molecule has 2 heterocycles. The molecule has 0 radical (unpaired) electrons. The van der Waals surface area contributed by atoms with Crippen LogP contribution < -0.4 is 5.32 Å². The number of carbonyl (C=O) groups is 1. The number of nitriles is 1. The lowest BCUT2D eigenvalue weighted by atomic mass is 9.98. The van der Waals surface area contributed by atoms with Crippen LogP contribution in [0.2, 0.25) is 5.02 Å². The van der Waals surface area contributed by atoms with Gasteiger partial charge in [-0.05, 0) is 48.1 Å². The van der Waals surface area contributed by atoms with Crippen LogP contribution in [0.25, 0.3) is 0 Å². The lowest BCUT2D eigenvalue weighted by Crippen LogP contribution is -2.40. The summed E-state index contributed by atoms with van der Waals surface area (Å²) in [5.74, 6) is -0.0621. The minimum absolute atomic E-state index is 0.0621. The smallest absolute Gasteiger partial charge is 0.238 e. The first kappa shape index (κ1) is 17.0. The van der Waals surface area contributed by atoms with E-state index in [2.05, 4.69) is 28.6 Å². The Kier molecular flexibility index (Phi) is 5.20. The zero-order valence-electron chi connectivity index (χ0n) is 13.4. The van der Waals surface area contributed by atoms with E-state index in [9.17, 15) is 4.79 Å². The van der Waals surface area contributed by atoms with E-state index in [1.807, 2.05) is 6.07 Å². The van der Waals surface area contributed by atoms with Crippen LogP contribution in [0.5, 0.6) is 0 Å². The first-order chi connectivity index (χ1) is 11.6. The highest BCUT2D eigenvalue weighted by Gasteiger charge is 2.28. The number of hydrogen-bond donors (Lipinski definition) is 1. The van der Waals surface area contributed by atoms with E-state index in [0.29, 0.717) is 28.9 Å². The molecule has 0 fully saturated rings. The molecule has 3 rings (SSSR count). The number of benzene rings is 1. The van der Waals surface area contributed by atoms with Crippen molar-refractivity contribution in [3.8, 4) is 6.07 Å². The number of fused-ring (bicyclic) bond motifs is 1. The molecule has 1 aliphatic rings. The maximum atomic E-state index is 12.4. The second-order valence-electron chi connectivity index (χ2n) is 5.80. The Morgan fingerprint density at radius 3 is 3.04 bits per heavy atom. The van der Waals surface area contributed by atoms with Crippen molar-refractivity contribution < 1.29 is 4.79 Å². The number of carbonyl (C=O) groups excluding carboxylic acids is 1. The summed E-state index contributed by atoms with van der Waals surface area (Å²) in [5.41, 5.74) is 2.38. The fourth-order valence-corrected chi connectivity index (χ4v) is 4.34. The van der Waals surface area contributed by atoms with Gasteiger partial charge in [0, 0.05) is 23.2 Å². The van der Waals surface area contributed by atoms with E-state index in [-0.39, 0.29) is 5.91 Å². The molecule has 1 atom stereocenters. The molecule has 1 N–H and O–H groups in total. The van der Waals surface area contributed by atoms with Gasteiger partial charge in [-0.25, -0.2) is 0 Å². The number of hydrogen-bond acceptors (Lipinski definition) is 4. The molecule has 0 spiro atoms. The van der Waals surface area contributed by atoms with Crippen LogP contribution in [0.3, 0.4) is 0 Å². The van der Waals surface area contributed by atoms with E-state index in [1.54, 1.807) is 29.5 Å². The van der Waals surface area contributed by atoms with Gasteiger partial charge in [0.2, 0.25) is 5.91 Å². The lowest BCUT2D eigenvalue weighted by molar-refractivity contribution is -0.118. The lowest BCUT2D eigenvalue weighted by Gasteiger charge is -2.34. The normalized spacial score (nSPS) is 17.1. The Labute approximate surface area is 150 Å². The van der Waals surface area contributed by atoms with Crippen LogP contribution in [-0.2, 0) is 11.2 Å². The van der Waals surface area contributed by atoms with Crippen molar-refractivity contribution in [2.45, 2.75) is 25.8 Å². The van der Waals surface area contributed by atoms with Gasteiger partial charge >= 0.3 is 0 Å². The Balaban J connectivity index is 1.67. The molecule has 0 aliphatic carbocycles. The fourth-order valence-electron chi connectivity index (χ4n) is 3.18. The SMILES string of the molecule is CCC1c2ccsc2CCN1CC(=O)Nc1ccc(C#N)c(Cl)c1. The number of rotatable bonds is 4. The maximum absolute atomic E-state index is 12.4. The first-order valence-corrected chi connectivity index (χ1v) is 9.18. The third-order valence-electron chi connectivity index (χ3n) is 4.31. The summed E-state index contributed by atoms with van der Waals surface area (Å²) in [4.78, 5) is 16.1. The predicted molar refractivity (Wildman–Crippen MR) is 97.4 cm³/mol. The van der Waals surface area contributed by atoms with Crippen molar-refractivity contribution in [3.63, 3.8) is 0 Å². The standard InChI is InChI=1S/C18H18ClN3OS/c1-2-16-14-6-8-24-17(14)5-7-22(16)11-18(23)21-13-4-3-12(10-20)15(19)9-13/h3-4,6,8-9,16H,2,5,7,11H2,1H3,(H,21,23). The minimum atomic E-state index is -0.0621. The van der Waals surface area contributed by atoms with Crippen LogP contribution >= 0.6 is 22.9 Å². The second kappa shape index (κ2) is 7.35. The van der Waals surface area contributed by atoms with E-state index in [4.69, 9.17) is 16.9 Å². The highest BCUT2D eigenvalue weighted by molar-refractivity contribution is 7.10. The molecule has 0 bridgehead atoms. The predicted octanol–water partition coefficient (Wildman–Crippen LogP) is 4.22. The number of nitrogens with zero attached hydrogens (tertiary/aromatic N) is 2. The van der Waals surface area contributed by atoms with Crippen molar-refractivity contribution in [2.24, 2.45) is 0 Å². The number of nitrogens with one attached hydrogen (secondary N) is 1. The second-order valence-corrected chi connectivity index (χ2v) is 7.21. The van der Waals surface area contributed by atoms with Gasteiger partial charge in [0.05, 0.1) is 17.1 Å². The minimum Gasteiger partial charge on any atom is -0.325 e. The maximum Gasteiger partial charge on any atom is 0.238 e. The topological polar surface area (TPSA) is 56.1 Å². The molecule has 0 saturated heterocycles. The molecule has 1 aromatic carbocycles. The van der Waals surface area contributed by atoms with Crippen molar-refractivity contribution in [1.29, 1.82) is 5.26 Å². The number of thiophene rings is 1. The van der Waals surface area contributed by atoms with Crippen molar-refractivity contribution in [1.82, 2.24) is 4.90 Å². The average Bonchev–Trinajstić information content (AvgIpc) is 3.03. The van der Waals surface area contributed by atoms with Crippen LogP contribution in [-0.4, -0.2) is 23.9 Å². The molecule has 1 unspecified atom stereocenters. The van der Waals surface area contributed by atoms with Gasteiger partial charge in [-0.15, -0.1) is 11.3 Å². The molecule has 4 nitrogen and oxygen atoms in total. The van der Waals surface area contributed by atoms with Gasteiger partial charge in [-0.2, -0.15) is 5.26 Å². The third-order valence-corrected chi connectivity index (χ3v) is 5.62. The summed E-state index contributed by atoms with van der Waals surface area (Å²) < 4.78 is 0. The van der Waals surface area contributed by atoms with Crippen molar-refractivity contribution in [3.05, 3.63) is 50.7 Å². The molecule has 2 aromatic rings. The number of halogens is 1. The zero-order valence-corrected chi connectivity index (χ0v) is 15.0. The van der Waals surface area contributed by atoms with E-state index in [1.165, 1.54) is 10.4 Å². The Bertz CT molecular complexity index is 796. The molecular formula is C18H18ClN3OS. The quantitative estimate of drug-likeness (QED) is 0.889. The van der Waals surface area contributed by atoms with Crippen LogP contribution in [0.15, 0.2) is 29.6 Å². The van der Waals surface area contributed by atoms with E-state index < -0.39 is 0 Å². The van der Waals surface area contributed by atoms with E-state index in [0.717, 1.165) is 19.4 Å². The molecule has 24 heavy (non-hydrogen) atoms. The number of amides is 1. The Hall–Kier alpha value is -1.87. The van der Waals surface area contributed by atoms with Gasteiger partial charge in [-0.1, -0.05) is 18.5 Å². The van der Waals surface area contributed by atoms with Gasteiger partial charge in [0.15, 0.2) is 0 Å². The van der Waals surface area contributed by atoms with Crippen LogP contribution in [0, 0.1) is 11.3 Å². The summed E-state index contributed by atoms with van der Waals surface area (Å²) in [6, 6.07) is 9.42. The van der Waals surface area contributed by atoms with Crippen LogP contribution in [0.1, 0.15) is 35.4 Å². The Morgan fingerprint density at radius 1 is 1.50 bits per heavy atom. The Morgan fingerprint density at radius 2 is 2.33 bits per heavy atom. The van der Waals surface area contributed by atoms with E-state index >= 15 is 0 Å². The average molecular weight is 360 g/mol. The molecule has 1 aliphatic heterocycles. The molecule has 124 valence electrons. The van der Waals surface area contributed by atoms with Gasteiger partial charge in [0.1, 0.15) is 6.07 Å². The highest BCUT2D eigenvalue weighted by Crippen LogP contribution is 2.34. The zero-order chi connectivity index (χ0) is 17.1. The van der Waals surface area contributed by atoms with Gasteiger partial charge in [0.25, 0.3) is 0 Å². The summed E-state index contributed by atoms with van der Waals surface area (Å²) in [6.45, 7) is 3.40. The third kappa shape index (κ3) is 3.46. The van der Waals surface area contributed by atoms with Crippen molar-refractivity contribution >= 4 is 34.5 Å². The first-order valence-electron chi connectivity index (χ1n) is 7.92. The summed E-state index contributed by atoms with van der Waals surface area (Å²) in [7, 11) is 0. The van der Waals surface area contributed by atoms with Crippen LogP contribution in [0.4, 0.5) is 5.69 Å². The molecule has 1 amide bonds. The largest absolute Gasteiger partial charge is 0.325 e. The summed E-state index contributed by atoms with van der Waals surface area (Å²) in [6.07, 6.45) is 1.99. The number of anilines is 1. The molecule has 1 aromatic heterocycles. The fraction of sp³-hybridized carbons (Fsp3) is 0.333. The summed E-state index contributed by atoms with van der Waals surface area (Å²) in [5, 5.41) is 14.3. The highest BCUT2D eigenvalue weighted by atomic mass is 35.5. The molecular weight excluding hydrogens is 342 g/mol. The van der Waals surface area contributed by atoms with Crippen molar-refractivity contribution in [2.75, 3.05) is 18.4 Å². The molecule has 0 saturated carbocycles. The van der Waals surface area contributed by atoms with Gasteiger partial charge < -0.3 is 5.32 Å².